The van der Waals surface area contributed by atoms with Gasteiger partial charge in [0.15, 0.2) is 0 Å². The predicted octanol–water partition coefficient (Wildman–Crippen LogP) is 2.87. The highest BCUT2D eigenvalue weighted by molar-refractivity contribution is 5.81. The van der Waals surface area contributed by atoms with Crippen molar-refractivity contribution in [1.29, 1.82) is 0 Å². The molecule has 4 nitrogen and oxygen atoms in total. The van der Waals surface area contributed by atoms with E-state index < -0.39 is 18.1 Å². The van der Waals surface area contributed by atoms with Crippen LogP contribution in [0.1, 0.15) is 51.4 Å². The lowest BCUT2D eigenvalue weighted by Gasteiger charge is -2.07. The SMILES string of the molecule is O=C(O)CCCCCCCCCNC(=O)C(F)(F)F. The summed E-state index contributed by atoms with van der Waals surface area (Å²) in [4.78, 5) is 20.7. The maximum Gasteiger partial charge on any atom is 0.471 e. The van der Waals surface area contributed by atoms with E-state index >= 15 is 0 Å². The summed E-state index contributed by atoms with van der Waals surface area (Å²) in [6.07, 6.45) is 0.944. The highest BCUT2D eigenvalue weighted by Gasteiger charge is 2.38. The van der Waals surface area contributed by atoms with Crippen LogP contribution in [0.5, 0.6) is 0 Å². The van der Waals surface area contributed by atoms with E-state index in [1.807, 2.05) is 5.32 Å². The maximum atomic E-state index is 11.8. The zero-order valence-corrected chi connectivity index (χ0v) is 10.8. The summed E-state index contributed by atoms with van der Waals surface area (Å²) in [5, 5.41) is 10.2. The number of hydrogen-bond acceptors (Lipinski definition) is 2. The van der Waals surface area contributed by atoms with Crippen molar-refractivity contribution in [1.82, 2.24) is 5.32 Å². The lowest BCUT2D eigenvalue weighted by molar-refractivity contribution is -0.173. The molecule has 112 valence electrons. The second-order valence-corrected chi connectivity index (χ2v) is 4.37. The third-order valence-electron chi connectivity index (χ3n) is 2.61. The Bertz CT molecular complexity index is 280. The molecule has 1 amide bonds. The van der Waals surface area contributed by atoms with Crippen LogP contribution in [0.2, 0.25) is 0 Å². The van der Waals surface area contributed by atoms with Gasteiger partial charge < -0.3 is 10.4 Å². The average molecular weight is 283 g/mol. The van der Waals surface area contributed by atoms with Gasteiger partial charge in [-0.15, -0.1) is 0 Å². The molecule has 0 aromatic rings. The number of carbonyl (C=O) groups is 2. The largest absolute Gasteiger partial charge is 0.481 e. The summed E-state index contributed by atoms with van der Waals surface area (Å²) in [6, 6.07) is 0. The molecule has 0 saturated carbocycles. The Labute approximate surface area is 110 Å². The molecule has 0 spiro atoms. The fourth-order valence-corrected chi connectivity index (χ4v) is 1.59. The molecule has 0 aromatic carbocycles. The Kier molecular flexibility index (Phi) is 8.99. The van der Waals surface area contributed by atoms with Gasteiger partial charge in [-0.05, 0) is 12.8 Å². The van der Waals surface area contributed by atoms with Crippen molar-refractivity contribution in [2.45, 2.75) is 57.5 Å². The number of nitrogens with one attached hydrogen (secondary N) is 1. The van der Waals surface area contributed by atoms with Crippen molar-refractivity contribution in [3.63, 3.8) is 0 Å². The number of carbonyl (C=O) groups excluding carboxylic acids is 1. The van der Waals surface area contributed by atoms with Crippen LogP contribution in [0, 0.1) is 0 Å². The summed E-state index contributed by atoms with van der Waals surface area (Å²) in [5.74, 6) is -2.68. The van der Waals surface area contributed by atoms with Crippen molar-refractivity contribution >= 4 is 11.9 Å². The summed E-state index contributed by atoms with van der Waals surface area (Å²) in [7, 11) is 0. The van der Waals surface area contributed by atoms with Crippen molar-refractivity contribution in [2.24, 2.45) is 0 Å². The third kappa shape index (κ3) is 11.5. The Morgan fingerprint density at radius 1 is 0.895 bits per heavy atom. The lowest BCUT2D eigenvalue weighted by Crippen LogP contribution is -2.37. The molecule has 2 N–H and O–H groups in total. The van der Waals surface area contributed by atoms with Crippen LogP contribution in [0.3, 0.4) is 0 Å². The normalized spacial score (nSPS) is 11.3. The number of aliphatic carboxylic acids is 1. The van der Waals surface area contributed by atoms with E-state index in [4.69, 9.17) is 5.11 Å². The quantitative estimate of drug-likeness (QED) is 0.606. The number of hydrogen-bond donors (Lipinski definition) is 2. The van der Waals surface area contributed by atoms with Gasteiger partial charge in [0.25, 0.3) is 0 Å². The number of rotatable bonds is 10. The molecular formula is C12H20F3NO3. The smallest absolute Gasteiger partial charge is 0.471 e. The van der Waals surface area contributed by atoms with Crippen LogP contribution in [0.4, 0.5) is 13.2 Å². The third-order valence-corrected chi connectivity index (χ3v) is 2.61. The molecule has 0 aromatic heterocycles. The second-order valence-electron chi connectivity index (χ2n) is 4.37. The Balaban J connectivity index is 3.24. The minimum atomic E-state index is -4.80. The predicted molar refractivity (Wildman–Crippen MR) is 63.6 cm³/mol. The van der Waals surface area contributed by atoms with Crippen LogP contribution < -0.4 is 5.32 Å². The second kappa shape index (κ2) is 9.63. The zero-order valence-electron chi connectivity index (χ0n) is 10.8. The van der Waals surface area contributed by atoms with Crippen LogP contribution in [0.25, 0.3) is 0 Å². The van der Waals surface area contributed by atoms with E-state index in [2.05, 4.69) is 0 Å². The molecule has 7 heteroatoms. The van der Waals surface area contributed by atoms with Crippen molar-refractivity contribution < 1.29 is 27.9 Å². The summed E-state index contributed by atoms with van der Waals surface area (Å²) >= 11 is 0. The molecule has 0 atom stereocenters. The zero-order chi connectivity index (χ0) is 14.7. The highest BCUT2D eigenvalue weighted by atomic mass is 19.4. The van der Waals surface area contributed by atoms with Crippen molar-refractivity contribution in [3.05, 3.63) is 0 Å². The van der Waals surface area contributed by atoms with Gasteiger partial charge in [0.1, 0.15) is 0 Å². The maximum absolute atomic E-state index is 11.8. The number of unbranched alkanes of at least 4 members (excludes halogenated alkanes) is 6. The first-order valence-electron chi connectivity index (χ1n) is 6.41. The van der Waals surface area contributed by atoms with Gasteiger partial charge in [-0.1, -0.05) is 32.1 Å². The molecule has 0 aliphatic rings. The van der Waals surface area contributed by atoms with Gasteiger partial charge >= 0.3 is 18.1 Å². The van der Waals surface area contributed by atoms with Crippen LogP contribution in [0.15, 0.2) is 0 Å². The molecule has 0 unspecified atom stereocenters. The molecule has 0 aliphatic carbocycles. The van der Waals surface area contributed by atoms with E-state index in [1.54, 1.807) is 0 Å². The molecule has 19 heavy (non-hydrogen) atoms. The summed E-state index contributed by atoms with van der Waals surface area (Å²) < 4.78 is 35.4. The van der Waals surface area contributed by atoms with Gasteiger partial charge in [0.2, 0.25) is 0 Å². The van der Waals surface area contributed by atoms with Gasteiger partial charge in [0, 0.05) is 13.0 Å². The fourth-order valence-electron chi connectivity index (χ4n) is 1.59. The molecular weight excluding hydrogens is 263 g/mol. The van der Waals surface area contributed by atoms with Crippen LogP contribution >= 0.6 is 0 Å². The van der Waals surface area contributed by atoms with Gasteiger partial charge in [-0.3, -0.25) is 9.59 Å². The Morgan fingerprint density at radius 3 is 1.84 bits per heavy atom. The first-order valence-corrected chi connectivity index (χ1v) is 6.41. The van der Waals surface area contributed by atoms with Gasteiger partial charge in [0.05, 0.1) is 0 Å². The number of alkyl halides is 3. The summed E-state index contributed by atoms with van der Waals surface area (Å²) in [6.45, 7) is 0.0390. The highest BCUT2D eigenvalue weighted by Crippen LogP contribution is 2.14. The average Bonchev–Trinajstić information content (AvgIpc) is 2.29. The van der Waals surface area contributed by atoms with Crippen molar-refractivity contribution in [2.75, 3.05) is 6.54 Å². The molecule has 0 fully saturated rings. The number of halogens is 3. The standard InChI is InChI=1S/C12H20F3NO3/c13-12(14,15)11(19)16-9-7-5-3-1-2-4-6-8-10(17)18/h1-9H2,(H,16,19)(H,17,18). The molecule has 0 radical (unpaired) electrons. The van der Waals surface area contributed by atoms with Crippen molar-refractivity contribution in [3.8, 4) is 0 Å². The molecule has 0 bridgehead atoms. The van der Waals surface area contributed by atoms with E-state index in [-0.39, 0.29) is 13.0 Å². The molecule has 0 aliphatic heterocycles. The van der Waals surface area contributed by atoms with E-state index in [9.17, 15) is 22.8 Å². The van der Waals surface area contributed by atoms with Gasteiger partial charge in [-0.25, -0.2) is 0 Å². The Morgan fingerprint density at radius 2 is 1.37 bits per heavy atom. The minimum Gasteiger partial charge on any atom is -0.481 e. The van der Waals surface area contributed by atoms with Crippen LogP contribution in [-0.2, 0) is 9.59 Å². The molecule has 0 saturated heterocycles. The first-order chi connectivity index (χ1) is 8.84. The van der Waals surface area contributed by atoms with E-state index in [1.165, 1.54) is 0 Å². The summed E-state index contributed by atoms with van der Waals surface area (Å²) in [5.41, 5.74) is 0. The lowest BCUT2D eigenvalue weighted by atomic mass is 10.1. The minimum absolute atomic E-state index is 0.0390. The monoisotopic (exact) mass is 283 g/mol. The van der Waals surface area contributed by atoms with E-state index in [0.29, 0.717) is 12.8 Å². The van der Waals surface area contributed by atoms with Gasteiger partial charge in [-0.2, -0.15) is 13.2 Å². The van der Waals surface area contributed by atoms with Crippen LogP contribution in [-0.4, -0.2) is 29.7 Å². The number of amides is 1. The number of carboxylic acid groups (broad SMARTS) is 1. The first kappa shape index (κ1) is 17.7. The van der Waals surface area contributed by atoms with E-state index in [0.717, 1.165) is 32.1 Å². The molecule has 0 rings (SSSR count). The number of carboxylic acids is 1. The Hall–Kier alpha value is -1.27. The fraction of sp³-hybridized carbons (Fsp3) is 0.833. The molecule has 0 heterocycles. The topological polar surface area (TPSA) is 66.4 Å².